The summed E-state index contributed by atoms with van der Waals surface area (Å²) in [5, 5.41) is 39.2. The van der Waals surface area contributed by atoms with Gasteiger partial charge in [0.2, 0.25) is 17.7 Å². The molecule has 2 aliphatic heterocycles. The minimum Gasteiger partial charge on any atom is -0.389 e. The quantitative estimate of drug-likeness (QED) is 0.265. The Bertz CT molecular complexity index is 648. The lowest BCUT2D eigenvalue weighted by molar-refractivity contribution is -0.307. The molecule has 30 heavy (non-hydrogen) atoms. The topological polar surface area (TPSA) is 176 Å². The van der Waals surface area contributed by atoms with Crippen molar-refractivity contribution in [3.05, 3.63) is 0 Å². The monoisotopic (exact) mass is 433 g/mol. The molecule has 0 radical (unpaired) electrons. The molecule has 0 aromatic rings. The molecule has 0 unspecified atom stereocenters. The van der Waals surface area contributed by atoms with Crippen LogP contribution in [-0.2, 0) is 28.6 Å². The summed E-state index contributed by atoms with van der Waals surface area (Å²) in [7, 11) is 0. The first-order valence-electron chi connectivity index (χ1n) is 9.74. The van der Waals surface area contributed by atoms with E-state index in [4.69, 9.17) is 14.2 Å². The average molecular weight is 433 g/mol. The van der Waals surface area contributed by atoms with Crippen LogP contribution in [0.25, 0.3) is 0 Å². The van der Waals surface area contributed by atoms with Gasteiger partial charge >= 0.3 is 0 Å². The second kappa shape index (κ2) is 9.98. The van der Waals surface area contributed by atoms with Crippen LogP contribution < -0.4 is 16.0 Å². The molecule has 3 amide bonds. The number of amides is 3. The third kappa shape index (κ3) is 5.65. The van der Waals surface area contributed by atoms with Gasteiger partial charge in [0.05, 0.1) is 18.2 Å². The molecule has 2 aliphatic rings. The fraction of sp³-hybridized carbons (Fsp3) is 0.833. The maximum absolute atomic E-state index is 11.7. The minimum absolute atomic E-state index is 0.391. The molecular formula is C18H31N3O9. The molecule has 2 saturated heterocycles. The first-order chi connectivity index (χ1) is 13.9. The van der Waals surface area contributed by atoms with E-state index in [1.54, 1.807) is 6.92 Å². The van der Waals surface area contributed by atoms with Gasteiger partial charge in [-0.3, -0.25) is 14.4 Å². The third-order valence-electron chi connectivity index (χ3n) is 5.12. The van der Waals surface area contributed by atoms with Crippen molar-refractivity contribution in [2.75, 3.05) is 0 Å². The van der Waals surface area contributed by atoms with Gasteiger partial charge in [0.15, 0.2) is 12.6 Å². The lowest BCUT2D eigenvalue weighted by Gasteiger charge is -2.48. The van der Waals surface area contributed by atoms with Crippen LogP contribution in [0.4, 0.5) is 0 Å². The molecule has 12 heteroatoms. The van der Waals surface area contributed by atoms with Crippen molar-refractivity contribution in [1.29, 1.82) is 0 Å². The first-order valence-corrected chi connectivity index (χ1v) is 9.74. The van der Waals surface area contributed by atoms with Gasteiger partial charge in [-0.2, -0.15) is 0 Å². The SMILES string of the molecule is CC(=O)N[C@H]1[C@H](O[C@@H]2[C@H](O)[C@H](C)O[C@H](O)[C@H]2NC(C)=O)O[C@H](C)[C@@H](NC(C)=O)[C@@H]1O. The van der Waals surface area contributed by atoms with Crippen LogP contribution in [-0.4, -0.2) is 94.3 Å². The maximum Gasteiger partial charge on any atom is 0.217 e. The molecule has 0 aromatic carbocycles. The summed E-state index contributed by atoms with van der Waals surface area (Å²) in [6.07, 6.45) is -7.96. The Morgan fingerprint density at radius 1 is 0.733 bits per heavy atom. The Balaban J connectivity index is 2.29. The van der Waals surface area contributed by atoms with Crippen molar-refractivity contribution in [3.63, 3.8) is 0 Å². The van der Waals surface area contributed by atoms with Crippen LogP contribution in [0.2, 0.25) is 0 Å². The van der Waals surface area contributed by atoms with Crippen molar-refractivity contribution < 1.29 is 43.9 Å². The zero-order chi connectivity index (χ0) is 22.7. The average Bonchev–Trinajstić information content (AvgIpc) is 2.62. The predicted molar refractivity (Wildman–Crippen MR) is 101 cm³/mol. The van der Waals surface area contributed by atoms with Gasteiger partial charge in [-0.15, -0.1) is 0 Å². The van der Waals surface area contributed by atoms with Crippen molar-refractivity contribution in [3.8, 4) is 0 Å². The summed E-state index contributed by atoms with van der Waals surface area (Å²) >= 11 is 0. The molecule has 0 aliphatic carbocycles. The van der Waals surface area contributed by atoms with E-state index >= 15 is 0 Å². The normalized spacial score (nSPS) is 41.6. The smallest absolute Gasteiger partial charge is 0.217 e. The minimum atomic E-state index is -1.46. The molecule has 12 nitrogen and oxygen atoms in total. The second-order valence-corrected chi connectivity index (χ2v) is 7.70. The van der Waals surface area contributed by atoms with Crippen molar-refractivity contribution in [2.45, 2.75) is 95.8 Å². The first kappa shape index (κ1) is 24.4. The Kier molecular flexibility index (Phi) is 8.13. The zero-order valence-electron chi connectivity index (χ0n) is 17.6. The molecule has 2 rings (SSSR count). The molecule has 0 aromatic heterocycles. The van der Waals surface area contributed by atoms with Crippen LogP contribution >= 0.6 is 0 Å². The van der Waals surface area contributed by atoms with Crippen molar-refractivity contribution >= 4 is 17.7 Å². The third-order valence-corrected chi connectivity index (χ3v) is 5.12. The van der Waals surface area contributed by atoms with Gasteiger partial charge in [-0.25, -0.2) is 0 Å². The fourth-order valence-corrected chi connectivity index (χ4v) is 3.72. The van der Waals surface area contributed by atoms with E-state index in [1.165, 1.54) is 27.7 Å². The van der Waals surface area contributed by atoms with E-state index < -0.39 is 78.9 Å². The number of hydrogen-bond donors (Lipinski definition) is 6. The van der Waals surface area contributed by atoms with E-state index in [2.05, 4.69) is 16.0 Å². The van der Waals surface area contributed by atoms with E-state index in [1.807, 2.05) is 0 Å². The number of aliphatic hydroxyl groups excluding tert-OH is 3. The van der Waals surface area contributed by atoms with Crippen LogP contribution in [0.3, 0.4) is 0 Å². The van der Waals surface area contributed by atoms with Crippen molar-refractivity contribution in [2.24, 2.45) is 0 Å². The van der Waals surface area contributed by atoms with E-state index in [9.17, 15) is 29.7 Å². The summed E-state index contributed by atoms with van der Waals surface area (Å²) in [5.74, 6) is -1.36. The van der Waals surface area contributed by atoms with Crippen LogP contribution in [0.1, 0.15) is 34.6 Å². The molecule has 2 heterocycles. The maximum atomic E-state index is 11.7. The fourth-order valence-electron chi connectivity index (χ4n) is 3.72. The number of rotatable bonds is 5. The second-order valence-electron chi connectivity index (χ2n) is 7.70. The molecule has 2 fully saturated rings. The summed E-state index contributed by atoms with van der Waals surface area (Å²) in [4.78, 5) is 34.7. The molecule has 172 valence electrons. The van der Waals surface area contributed by atoms with E-state index in [0.29, 0.717) is 0 Å². The Labute approximate surface area is 174 Å². The number of carbonyl (C=O) groups excluding carboxylic acids is 3. The molecule has 10 atom stereocenters. The highest BCUT2D eigenvalue weighted by molar-refractivity contribution is 5.74. The summed E-state index contributed by atoms with van der Waals surface area (Å²) in [6, 6.07) is -3.05. The van der Waals surface area contributed by atoms with Crippen LogP contribution in [0.15, 0.2) is 0 Å². The van der Waals surface area contributed by atoms with Gasteiger partial charge in [0.1, 0.15) is 30.4 Å². The standard InChI is InChI=1S/C18H31N3O9/c1-6-11(19-8(3)22)15(26)12(20-9(4)23)18(29-6)30-16-13(21-10(5)24)17(27)28-7(2)14(16)25/h6-7,11-18,25-27H,1-5H3,(H,19,22)(H,20,23)(H,21,24)/t6-,7+,11-,12-,13+,14-,15+,16+,17+,18+/m1/s1. The Morgan fingerprint density at radius 2 is 1.23 bits per heavy atom. The Morgan fingerprint density at radius 3 is 1.77 bits per heavy atom. The molecule has 0 bridgehead atoms. The number of ether oxygens (including phenoxy) is 3. The lowest BCUT2D eigenvalue weighted by atomic mass is 9.93. The van der Waals surface area contributed by atoms with E-state index in [0.717, 1.165) is 0 Å². The van der Waals surface area contributed by atoms with Crippen LogP contribution in [0.5, 0.6) is 0 Å². The van der Waals surface area contributed by atoms with E-state index in [-0.39, 0.29) is 0 Å². The Hall–Kier alpha value is -1.83. The van der Waals surface area contributed by atoms with Gasteiger partial charge in [0.25, 0.3) is 0 Å². The lowest BCUT2D eigenvalue weighted by Crippen LogP contribution is -2.70. The summed E-state index contributed by atoms with van der Waals surface area (Å²) in [6.45, 7) is 6.88. The molecular weight excluding hydrogens is 402 g/mol. The number of hydrogen-bond acceptors (Lipinski definition) is 9. The summed E-state index contributed by atoms with van der Waals surface area (Å²) in [5.41, 5.74) is 0. The largest absolute Gasteiger partial charge is 0.389 e. The predicted octanol–water partition coefficient (Wildman–Crippen LogP) is -2.91. The van der Waals surface area contributed by atoms with Gasteiger partial charge in [-0.05, 0) is 13.8 Å². The molecule has 6 N–H and O–H groups in total. The van der Waals surface area contributed by atoms with Gasteiger partial charge in [-0.1, -0.05) is 0 Å². The van der Waals surface area contributed by atoms with Crippen molar-refractivity contribution in [1.82, 2.24) is 16.0 Å². The van der Waals surface area contributed by atoms with Gasteiger partial charge in [0, 0.05) is 20.8 Å². The summed E-state index contributed by atoms with van der Waals surface area (Å²) < 4.78 is 16.9. The number of carbonyl (C=O) groups is 3. The van der Waals surface area contributed by atoms with Crippen LogP contribution in [0, 0.1) is 0 Å². The molecule has 0 saturated carbocycles. The highest BCUT2D eigenvalue weighted by atomic mass is 16.7. The van der Waals surface area contributed by atoms with Gasteiger partial charge < -0.3 is 45.5 Å². The molecule has 0 spiro atoms. The highest BCUT2D eigenvalue weighted by Crippen LogP contribution is 2.28. The zero-order valence-corrected chi connectivity index (χ0v) is 17.6. The number of nitrogens with one attached hydrogen (secondary N) is 3. The number of aliphatic hydroxyl groups is 3. The highest BCUT2D eigenvalue weighted by Gasteiger charge is 2.50.